The lowest BCUT2D eigenvalue weighted by Crippen LogP contribution is -2.45. The van der Waals surface area contributed by atoms with Crippen LogP contribution in [0.3, 0.4) is 0 Å². The van der Waals surface area contributed by atoms with Gasteiger partial charge in [0, 0.05) is 17.6 Å². The summed E-state index contributed by atoms with van der Waals surface area (Å²) >= 11 is 0. The van der Waals surface area contributed by atoms with E-state index < -0.39 is 0 Å². The Morgan fingerprint density at radius 2 is 1.74 bits per heavy atom. The van der Waals surface area contributed by atoms with Crippen LogP contribution in [0.2, 0.25) is 0 Å². The molecule has 19 heavy (non-hydrogen) atoms. The van der Waals surface area contributed by atoms with E-state index in [1.54, 1.807) is 0 Å². The maximum atomic E-state index is 2.82. The first-order chi connectivity index (χ1) is 8.82. The second-order valence-corrected chi connectivity index (χ2v) is 8.66. The van der Waals surface area contributed by atoms with Gasteiger partial charge >= 0.3 is 0 Å². The molecule has 0 aromatic heterocycles. The van der Waals surface area contributed by atoms with Gasteiger partial charge in [0.15, 0.2) is 0 Å². The lowest BCUT2D eigenvalue weighted by atomic mass is 9.83. The van der Waals surface area contributed by atoms with Crippen LogP contribution in [-0.2, 0) is 0 Å². The van der Waals surface area contributed by atoms with Gasteiger partial charge in [-0.2, -0.15) is 0 Å². The topological polar surface area (TPSA) is 6.48 Å². The van der Waals surface area contributed by atoms with E-state index >= 15 is 0 Å². The van der Waals surface area contributed by atoms with Crippen molar-refractivity contribution in [1.29, 1.82) is 0 Å². The molecule has 2 nitrogen and oxygen atoms in total. The van der Waals surface area contributed by atoms with Gasteiger partial charge in [0.05, 0.1) is 0 Å². The van der Waals surface area contributed by atoms with Crippen LogP contribution in [0.25, 0.3) is 0 Å². The quantitative estimate of drug-likeness (QED) is 0.754. The molecule has 2 heteroatoms. The Morgan fingerprint density at radius 3 is 2.26 bits per heavy atom. The van der Waals surface area contributed by atoms with E-state index in [2.05, 4.69) is 44.5 Å². The van der Waals surface area contributed by atoms with Gasteiger partial charge in [-0.1, -0.05) is 0 Å². The highest BCUT2D eigenvalue weighted by Crippen LogP contribution is 2.64. The molecule has 1 saturated carbocycles. The smallest absolute Gasteiger partial charge is 0.0167 e. The van der Waals surface area contributed by atoms with Gasteiger partial charge in [0.1, 0.15) is 0 Å². The lowest BCUT2D eigenvalue weighted by molar-refractivity contribution is 0.104. The first-order valence-corrected chi connectivity index (χ1v) is 8.29. The van der Waals surface area contributed by atoms with Crippen LogP contribution < -0.4 is 0 Å². The van der Waals surface area contributed by atoms with Crippen molar-refractivity contribution in [1.82, 2.24) is 9.80 Å². The Morgan fingerprint density at radius 1 is 1.11 bits per heavy atom. The summed E-state index contributed by atoms with van der Waals surface area (Å²) in [5.41, 5.74) is 1.07. The molecule has 0 spiro atoms. The van der Waals surface area contributed by atoms with E-state index in [9.17, 15) is 0 Å². The Balaban J connectivity index is 1.62. The first-order valence-electron chi connectivity index (χ1n) is 8.29. The predicted molar refractivity (Wildman–Crippen MR) is 81.3 cm³/mol. The summed E-state index contributed by atoms with van der Waals surface area (Å²) in [6.45, 7) is 12.3. The molecule has 0 N–H and O–H groups in total. The highest BCUT2D eigenvalue weighted by atomic mass is 15.3. The van der Waals surface area contributed by atoms with Crippen LogP contribution in [0.1, 0.15) is 59.8 Å². The number of hydrogen-bond acceptors (Lipinski definition) is 2. The molecule has 0 unspecified atom stereocenters. The minimum atomic E-state index is 0.356. The summed E-state index contributed by atoms with van der Waals surface area (Å²) in [5, 5.41) is 0. The zero-order valence-corrected chi connectivity index (χ0v) is 13.6. The van der Waals surface area contributed by atoms with Gasteiger partial charge in [0.2, 0.25) is 0 Å². The van der Waals surface area contributed by atoms with Crippen molar-refractivity contribution in [3.63, 3.8) is 0 Å². The Hall–Kier alpha value is -0.0800. The molecule has 3 fully saturated rings. The number of nitrogens with zero attached hydrogens (tertiary/aromatic N) is 2. The largest absolute Gasteiger partial charge is 0.306 e. The third kappa shape index (κ3) is 2.47. The van der Waals surface area contributed by atoms with Crippen LogP contribution >= 0.6 is 0 Å². The zero-order chi connectivity index (χ0) is 13.8. The van der Waals surface area contributed by atoms with Crippen molar-refractivity contribution >= 4 is 0 Å². The van der Waals surface area contributed by atoms with Gasteiger partial charge < -0.3 is 4.90 Å². The molecule has 3 atom stereocenters. The normalized spacial score (nSPS) is 41.5. The van der Waals surface area contributed by atoms with E-state index in [1.165, 1.54) is 45.2 Å². The average molecular weight is 264 g/mol. The first kappa shape index (κ1) is 13.9. The van der Waals surface area contributed by atoms with Gasteiger partial charge in [-0.05, 0) is 91.3 Å². The standard InChI is InChI=1S/C17H32N2/c1-13-10-17(11-14-6-8-18(5)9-7-14)12-15(17)19(13)16(2,3)4/h13-15H,6-12H2,1-5H3/t13-,15-,17-/m1/s1. The van der Waals surface area contributed by atoms with E-state index in [4.69, 9.17) is 0 Å². The zero-order valence-electron chi connectivity index (χ0n) is 13.6. The van der Waals surface area contributed by atoms with Crippen molar-refractivity contribution in [2.45, 2.75) is 77.4 Å². The molecule has 1 aliphatic carbocycles. The highest BCUT2D eigenvalue weighted by Gasteiger charge is 2.65. The molecular formula is C17H32N2. The molecule has 0 bridgehead atoms. The van der Waals surface area contributed by atoms with Crippen molar-refractivity contribution < 1.29 is 0 Å². The van der Waals surface area contributed by atoms with Gasteiger partial charge in [-0.3, -0.25) is 4.90 Å². The molecular weight excluding hydrogens is 232 g/mol. The Kier molecular flexibility index (Phi) is 3.26. The second-order valence-electron chi connectivity index (χ2n) is 8.66. The second kappa shape index (κ2) is 4.46. The minimum absolute atomic E-state index is 0.356. The lowest BCUT2D eigenvalue weighted by Gasteiger charge is -2.37. The third-order valence-electron chi connectivity index (χ3n) is 5.97. The van der Waals surface area contributed by atoms with Crippen molar-refractivity contribution in [2.75, 3.05) is 20.1 Å². The maximum Gasteiger partial charge on any atom is 0.0167 e. The third-order valence-corrected chi connectivity index (χ3v) is 5.97. The van der Waals surface area contributed by atoms with Crippen molar-refractivity contribution in [3.05, 3.63) is 0 Å². The summed E-state index contributed by atoms with van der Waals surface area (Å²) < 4.78 is 0. The molecule has 0 aromatic carbocycles. The number of piperidine rings is 2. The van der Waals surface area contributed by atoms with Crippen LogP contribution in [0.5, 0.6) is 0 Å². The Labute approximate surface area is 119 Å². The molecule has 3 rings (SSSR count). The van der Waals surface area contributed by atoms with Gasteiger partial charge in [0.25, 0.3) is 0 Å². The van der Waals surface area contributed by atoms with Crippen LogP contribution in [0.15, 0.2) is 0 Å². The predicted octanol–water partition coefficient (Wildman–Crippen LogP) is 3.37. The molecule has 0 radical (unpaired) electrons. The molecule has 0 aromatic rings. The minimum Gasteiger partial charge on any atom is -0.306 e. The van der Waals surface area contributed by atoms with Crippen LogP contribution in [0, 0.1) is 11.3 Å². The van der Waals surface area contributed by atoms with Crippen LogP contribution in [0.4, 0.5) is 0 Å². The van der Waals surface area contributed by atoms with Crippen LogP contribution in [-0.4, -0.2) is 47.6 Å². The van der Waals surface area contributed by atoms with E-state index in [1.807, 2.05) is 0 Å². The number of hydrogen-bond donors (Lipinski definition) is 0. The van der Waals surface area contributed by atoms with E-state index in [-0.39, 0.29) is 0 Å². The summed E-state index contributed by atoms with van der Waals surface area (Å²) in [6, 6.07) is 1.70. The molecule has 2 saturated heterocycles. The fraction of sp³-hybridized carbons (Fsp3) is 1.00. The van der Waals surface area contributed by atoms with Gasteiger partial charge in [-0.15, -0.1) is 0 Å². The fourth-order valence-corrected chi connectivity index (χ4v) is 5.21. The van der Waals surface area contributed by atoms with E-state index in [0.29, 0.717) is 11.0 Å². The Bertz CT molecular complexity index is 338. The summed E-state index contributed by atoms with van der Waals surface area (Å²) in [6.07, 6.45) is 7.34. The molecule has 110 valence electrons. The number of rotatable bonds is 2. The maximum absolute atomic E-state index is 2.82. The molecule has 2 heterocycles. The van der Waals surface area contributed by atoms with Crippen molar-refractivity contribution in [2.24, 2.45) is 11.3 Å². The summed E-state index contributed by atoms with van der Waals surface area (Å²) in [4.78, 5) is 5.32. The molecule has 2 aliphatic heterocycles. The SMILES string of the molecule is C[C@@H]1C[C@@]2(CC3CCN(C)CC3)C[C@H]2N1C(C)(C)C. The van der Waals surface area contributed by atoms with Crippen molar-refractivity contribution in [3.8, 4) is 0 Å². The summed E-state index contributed by atoms with van der Waals surface area (Å²) in [5.74, 6) is 1.01. The monoisotopic (exact) mass is 264 g/mol. The van der Waals surface area contributed by atoms with Gasteiger partial charge in [-0.25, -0.2) is 0 Å². The van der Waals surface area contributed by atoms with E-state index in [0.717, 1.165) is 18.0 Å². The fourth-order valence-electron chi connectivity index (χ4n) is 5.21. The molecule has 0 amide bonds. The molecule has 3 aliphatic rings. The number of fused-ring (bicyclic) bond motifs is 1. The number of likely N-dealkylation sites (tertiary alicyclic amines) is 2. The summed E-state index contributed by atoms with van der Waals surface area (Å²) in [7, 11) is 2.27. The average Bonchev–Trinajstić information content (AvgIpc) is 2.85. The highest BCUT2D eigenvalue weighted by molar-refractivity contribution is 5.18.